The SMILES string of the molecule is C1=Cc2ccc3c4c(ccc1c24)C(c1ccc(-c2ccccc2)cc1)(c1ccc(-c2ccccc2)cc1)C3(c1ccc(-c2ccccc2)cc1)c1ccc(-c2ccccc2)cc1. The summed E-state index contributed by atoms with van der Waals surface area (Å²) < 4.78 is 0. The van der Waals surface area contributed by atoms with E-state index >= 15 is 0 Å². The average molecular weight is 787 g/mol. The fourth-order valence-electron chi connectivity index (χ4n) is 11.0. The summed E-state index contributed by atoms with van der Waals surface area (Å²) in [7, 11) is 0. The summed E-state index contributed by atoms with van der Waals surface area (Å²) in [4.78, 5) is 0. The first-order valence-corrected chi connectivity index (χ1v) is 21.7. The van der Waals surface area contributed by atoms with Gasteiger partial charge in [0.05, 0.1) is 10.8 Å². The first-order chi connectivity index (χ1) is 30.7. The summed E-state index contributed by atoms with van der Waals surface area (Å²) in [5.74, 6) is 0. The molecule has 0 heteroatoms. The van der Waals surface area contributed by atoms with Crippen LogP contribution in [-0.2, 0) is 10.8 Å². The Morgan fingerprint density at radius 2 is 0.435 bits per heavy atom. The van der Waals surface area contributed by atoms with Gasteiger partial charge >= 0.3 is 0 Å². The quantitative estimate of drug-likeness (QED) is 0.144. The van der Waals surface area contributed by atoms with E-state index in [2.05, 4.69) is 255 Å². The molecule has 0 N–H and O–H groups in total. The van der Waals surface area contributed by atoms with Crippen LogP contribution in [0.1, 0.15) is 44.5 Å². The Kier molecular flexibility index (Phi) is 8.40. The highest BCUT2D eigenvalue weighted by Gasteiger charge is 2.62. The van der Waals surface area contributed by atoms with Crippen LogP contribution < -0.4 is 0 Å². The van der Waals surface area contributed by atoms with Crippen LogP contribution in [0.4, 0.5) is 0 Å². The molecule has 62 heavy (non-hydrogen) atoms. The van der Waals surface area contributed by atoms with Gasteiger partial charge in [-0.3, -0.25) is 0 Å². The summed E-state index contributed by atoms with van der Waals surface area (Å²) in [6, 6.07) is 90.7. The van der Waals surface area contributed by atoms with Crippen LogP contribution in [0.15, 0.2) is 243 Å². The fraction of sp³-hybridized carbons (Fsp3) is 0.0323. The second-order valence-corrected chi connectivity index (χ2v) is 16.8. The van der Waals surface area contributed by atoms with Crippen LogP contribution in [0.3, 0.4) is 0 Å². The second kappa shape index (κ2) is 14.4. The van der Waals surface area contributed by atoms with Crippen LogP contribution in [0, 0.1) is 0 Å². The van der Waals surface area contributed by atoms with Crippen molar-refractivity contribution in [2.24, 2.45) is 0 Å². The maximum atomic E-state index is 2.45. The minimum absolute atomic E-state index is 0.706. The zero-order valence-corrected chi connectivity index (χ0v) is 34.2. The lowest BCUT2D eigenvalue weighted by molar-refractivity contribution is 0.442. The van der Waals surface area contributed by atoms with Gasteiger partial charge in [0.25, 0.3) is 0 Å². The third kappa shape index (κ3) is 5.33. The Hall–Kier alpha value is -7.80. The molecule has 0 radical (unpaired) electrons. The Morgan fingerprint density at radius 3 is 0.694 bits per heavy atom. The van der Waals surface area contributed by atoms with Crippen molar-refractivity contribution in [3.05, 3.63) is 287 Å². The summed E-state index contributed by atoms with van der Waals surface area (Å²) in [5, 5.41) is 2.69. The molecule has 0 amide bonds. The first kappa shape index (κ1) is 36.1. The van der Waals surface area contributed by atoms with Gasteiger partial charge in [-0.25, -0.2) is 0 Å². The van der Waals surface area contributed by atoms with Crippen molar-refractivity contribution in [2.45, 2.75) is 10.8 Å². The molecular weight excluding hydrogens is 745 g/mol. The Bertz CT molecular complexity index is 2870. The molecule has 10 aromatic rings. The van der Waals surface area contributed by atoms with Gasteiger partial charge in [0.1, 0.15) is 0 Å². The standard InChI is InChI=1S/C62H42/c1-5-13-43(14-6-1)47-23-33-53(34-24-47)61(54-35-25-48(26-36-54)44-15-7-2-8-16-44)57-41-31-51-21-22-52-32-42-58(60(57)59(51)52)62(61,55-37-27-49(28-38-55)45-17-9-3-10-18-45)56-39-29-50(30-40-56)46-19-11-4-12-20-46/h1-42H. The molecule has 290 valence electrons. The predicted molar refractivity (Wildman–Crippen MR) is 260 cm³/mol. The van der Waals surface area contributed by atoms with E-state index in [1.807, 2.05) is 0 Å². The van der Waals surface area contributed by atoms with Crippen LogP contribution in [-0.4, -0.2) is 0 Å². The van der Waals surface area contributed by atoms with Crippen molar-refractivity contribution in [1.82, 2.24) is 0 Å². The van der Waals surface area contributed by atoms with E-state index in [0.717, 1.165) is 0 Å². The molecule has 0 atom stereocenters. The summed E-state index contributed by atoms with van der Waals surface area (Å²) in [6.07, 6.45) is 4.60. The zero-order chi connectivity index (χ0) is 41.1. The first-order valence-electron chi connectivity index (χ1n) is 21.7. The van der Waals surface area contributed by atoms with Crippen LogP contribution in [0.25, 0.3) is 67.4 Å². The van der Waals surface area contributed by atoms with Gasteiger partial charge < -0.3 is 0 Å². The molecule has 0 spiro atoms. The van der Waals surface area contributed by atoms with Gasteiger partial charge in [-0.15, -0.1) is 0 Å². The molecule has 0 nitrogen and oxygen atoms in total. The molecule has 2 aliphatic rings. The lowest BCUT2D eigenvalue weighted by atomic mass is 9.50. The molecular formula is C62H42. The average Bonchev–Trinajstić information content (AvgIpc) is 3.91. The monoisotopic (exact) mass is 786 g/mol. The van der Waals surface area contributed by atoms with E-state index < -0.39 is 10.8 Å². The number of hydrogen-bond acceptors (Lipinski definition) is 0. The van der Waals surface area contributed by atoms with Gasteiger partial charge in [0.15, 0.2) is 0 Å². The molecule has 0 aromatic heterocycles. The summed E-state index contributed by atoms with van der Waals surface area (Å²) in [5.41, 5.74) is 18.5. The van der Waals surface area contributed by atoms with E-state index in [9.17, 15) is 0 Å². The molecule has 0 bridgehead atoms. The van der Waals surface area contributed by atoms with Crippen molar-refractivity contribution >= 4 is 22.9 Å². The van der Waals surface area contributed by atoms with E-state index in [4.69, 9.17) is 0 Å². The van der Waals surface area contributed by atoms with Gasteiger partial charge in [0.2, 0.25) is 0 Å². The normalized spacial score (nSPS) is 14.0. The van der Waals surface area contributed by atoms with Crippen molar-refractivity contribution in [3.63, 3.8) is 0 Å². The molecule has 0 saturated carbocycles. The van der Waals surface area contributed by atoms with E-state index in [1.54, 1.807) is 0 Å². The molecule has 0 heterocycles. The van der Waals surface area contributed by atoms with Gasteiger partial charge in [-0.05, 0) is 99.8 Å². The maximum absolute atomic E-state index is 2.45. The third-order valence-corrected chi connectivity index (χ3v) is 13.7. The van der Waals surface area contributed by atoms with Crippen molar-refractivity contribution < 1.29 is 0 Å². The van der Waals surface area contributed by atoms with Crippen LogP contribution >= 0.6 is 0 Å². The minimum atomic E-state index is -0.706. The van der Waals surface area contributed by atoms with Crippen LogP contribution in [0.2, 0.25) is 0 Å². The van der Waals surface area contributed by atoms with E-state index in [0.29, 0.717) is 0 Å². The Morgan fingerprint density at radius 1 is 0.194 bits per heavy atom. The van der Waals surface area contributed by atoms with E-state index in [1.165, 1.54) is 99.8 Å². The number of rotatable bonds is 8. The zero-order valence-electron chi connectivity index (χ0n) is 34.2. The summed E-state index contributed by atoms with van der Waals surface area (Å²) >= 11 is 0. The highest BCUT2D eigenvalue weighted by molar-refractivity contribution is 6.11. The maximum Gasteiger partial charge on any atom is 0.0635 e. The van der Waals surface area contributed by atoms with Crippen molar-refractivity contribution in [1.29, 1.82) is 0 Å². The topological polar surface area (TPSA) is 0 Å². The molecule has 0 unspecified atom stereocenters. The van der Waals surface area contributed by atoms with Gasteiger partial charge in [-0.2, -0.15) is 0 Å². The lowest BCUT2D eigenvalue weighted by Crippen LogP contribution is -2.49. The molecule has 2 aliphatic carbocycles. The number of hydrogen-bond donors (Lipinski definition) is 0. The third-order valence-electron chi connectivity index (χ3n) is 13.7. The van der Waals surface area contributed by atoms with Crippen molar-refractivity contribution in [2.75, 3.05) is 0 Å². The van der Waals surface area contributed by atoms with Gasteiger partial charge in [-0.1, -0.05) is 255 Å². The lowest BCUT2D eigenvalue weighted by Gasteiger charge is -2.50. The predicted octanol–water partition coefficient (Wildman–Crippen LogP) is 15.7. The largest absolute Gasteiger partial charge is 0.0635 e. The second-order valence-electron chi connectivity index (χ2n) is 16.8. The van der Waals surface area contributed by atoms with Gasteiger partial charge in [0, 0.05) is 0 Å². The molecule has 10 aromatic carbocycles. The summed E-state index contributed by atoms with van der Waals surface area (Å²) in [6.45, 7) is 0. The smallest absolute Gasteiger partial charge is 0.0622 e. The fourth-order valence-corrected chi connectivity index (χ4v) is 11.0. The molecule has 0 fully saturated rings. The van der Waals surface area contributed by atoms with E-state index in [-0.39, 0.29) is 0 Å². The molecule has 0 saturated heterocycles. The van der Waals surface area contributed by atoms with Crippen molar-refractivity contribution in [3.8, 4) is 44.5 Å². The minimum Gasteiger partial charge on any atom is -0.0622 e. The highest BCUT2D eigenvalue weighted by atomic mass is 14.6. The highest BCUT2D eigenvalue weighted by Crippen LogP contribution is 2.67. The number of benzene rings is 10. The Balaban J connectivity index is 1.22. The Labute approximate surface area is 363 Å². The molecule has 0 aliphatic heterocycles. The molecule has 12 rings (SSSR count). The van der Waals surface area contributed by atoms with Crippen LogP contribution in [0.5, 0.6) is 0 Å².